The van der Waals surface area contributed by atoms with Crippen LogP contribution in [0.15, 0.2) is 34.7 Å². The van der Waals surface area contributed by atoms with Crippen LogP contribution in [-0.4, -0.2) is 17.0 Å². The smallest absolute Gasteiger partial charge is 0.339 e. The van der Waals surface area contributed by atoms with Crippen LogP contribution in [-0.2, 0) is 12.8 Å². The molecular weight excluding hydrogens is 270 g/mol. The van der Waals surface area contributed by atoms with Crippen LogP contribution < -0.4 is 5.32 Å². The highest BCUT2D eigenvalue weighted by Crippen LogP contribution is 2.18. The number of anilines is 1. The zero-order valence-electron chi connectivity index (χ0n) is 12.0. The van der Waals surface area contributed by atoms with E-state index in [1.54, 1.807) is 13.0 Å². The molecule has 2 aromatic rings. The fourth-order valence-corrected chi connectivity index (χ4v) is 2.05. The molecule has 0 aliphatic rings. The van der Waals surface area contributed by atoms with Crippen LogP contribution in [0.4, 0.5) is 5.69 Å². The van der Waals surface area contributed by atoms with E-state index < -0.39 is 11.9 Å². The number of aromatic carboxylic acids is 1. The number of carboxylic acids is 1. The van der Waals surface area contributed by atoms with E-state index in [-0.39, 0.29) is 11.3 Å². The lowest BCUT2D eigenvalue weighted by molar-refractivity contribution is 0.0694. The van der Waals surface area contributed by atoms with E-state index in [1.165, 1.54) is 6.07 Å². The maximum Gasteiger partial charge on any atom is 0.339 e. The first-order valence-corrected chi connectivity index (χ1v) is 6.81. The van der Waals surface area contributed by atoms with Crippen molar-refractivity contribution >= 4 is 17.6 Å². The predicted molar refractivity (Wildman–Crippen MR) is 78.8 cm³/mol. The highest BCUT2D eigenvalue weighted by Gasteiger charge is 2.20. The fourth-order valence-electron chi connectivity index (χ4n) is 2.05. The lowest BCUT2D eigenvalue weighted by Crippen LogP contribution is -2.11. The zero-order chi connectivity index (χ0) is 15.4. The normalized spacial score (nSPS) is 10.4. The number of amides is 1. The van der Waals surface area contributed by atoms with Crippen LogP contribution in [0.5, 0.6) is 0 Å². The Morgan fingerprint density at radius 1 is 1.19 bits per heavy atom. The van der Waals surface area contributed by atoms with Gasteiger partial charge in [0, 0.05) is 18.2 Å². The molecule has 5 heteroatoms. The summed E-state index contributed by atoms with van der Waals surface area (Å²) in [5.41, 5.74) is 1.79. The van der Waals surface area contributed by atoms with Crippen molar-refractivity contribution in [1.29, 1.82) is 0 Å². The molecule has 0 fully saturated rings. The van der Waals surface area contributed by atoms with Crippen LogP contribution in [0.1, 0.15) is 46.1 Å². The fraction of sp³-hybridized carbons (Fsp3) is 0.250. The van der Waals surface area contributed by atoms with Gasteiger partial charge in [0.25, 0.3) is 5.91 Å². The molecule has 0 saturated carbocycles. The molecule has 0 atom stereocenters. The first-order valence-electron chi connectivity index (χ1n) is 6.81. The number of carbonyl (C=O) groups is 2. The number of aryl methyl sites for hydroxylation is 2. The first-order chi connectivity index (χ1) is 10.0. The van der Waals surface area contributed by atoms with Crippen molar-refractivity contribution in [2.24, 2.45) is 0 Å². The second-order valence-electron chi connectivity index (χ2n) is 4.61. The molecule has 0 unspecified atom stereocenters. The van der Waals surface area contributed by atoms with Crippen molar-refractivity contribution in [2.75, 3.05) is 5.32 Å². The zero-order valence-corrected chi connectivity index (χ0v) is 12.0. The molecule has 0 saturated heterocycles. The Labute approximate surface area is 122 Å². The lowest BCUT2D eigenvalue weighted by Gasteiger charge is -2.04. The van der Waals surface area contributed by atoms with Gasteiger partial charge in [0.15, 0.2) is 5.76 Å². The SMILES string of the molecule is CCc1cccc(NC(=O)c2cc(C(=O)O)c(CC)o2)c1. The maximum absolute atomic E-state index is 12.1. The van der Waals surface area contributed by atoms with E-state index in [0.29, 0.717) is 17.9 Å². The molecule has 110 valence electrons. The van der Waals surface area contributed by atoms with Gasteiger partial charge in [0.2, 0.25) is 0 Å². The van der Waals surface area contributed by atoms with Crippen LogP contribution in [0, 0.1) is 0 Å². The minimum atomic E-state index is -1.09. The molecule has 5 nitrogen and oxygen atoms in total. The molecule has 1 heterocycles. The second kappa shape index (κ2) is 6.26. The Kier molecular flexibility index (Phi) is 4.42. The van der Waals surface area contributed by atoms with Crippen molar-refractivity contribution in [3.63, 3.8) is 0 Å². The molecule has 0 aliphatic carbocycles. The molecule has 0 radical (unpaired) electrons. The molecule has 1 amide bonds. The minimum absolute atomic E-state index is 0.00570. The molecular formula is C16H17NO4. The number of carboxylic acid groups (broad SMARTS) is 1. The van der Waals surface area contributed by atoms with Crippen LogP contribution in [0.25, 0.3) is 0 Å². The Morgan fingerprint density at radius 3 is 2.52 bits per heavy atom. The average molecular weight is 287 g/mol. The third kappa shape index (κ3) is 3.31. The number of carbonyl (C=O) groups excluding carboxylic acids is 1. The number of hydrogen-bond donors (Lipinski definition) is 2. The van der Waals surface area contributed by atoms with Gasteiger partial charge < -0.3 is 14.8 Å². The van der Waals surface area contributed by atoms with Gasteiger partial charge >= 0.3 is 5.97 Å². The molecule has 0 spiro atoms. The van der Waals surface area contributed by atoms with Gasteiger partial charge in [-0.2, -0.15) is 0 Å². The van der Waals surface area contributed by atoms with Gasteiger partial charge in [-0.1, -0.05) is 26.0 Å². The lowest BCUT2D eigenvalue weighted by atomic mass is 10.1. The average Bonchev–Trinajstić information content (AvgIpc) is 2.92. The summed E-state index contributed by atoms with van der Waals surface area (Å²) in [4.78, 5) is 23.2. The first kappa shape index (κ1) is 14.8. The van der Waals surface area contributed by atoms with Gasteiger partial charge in [-0.15, -0.1) is 0 Å². The predicted octanol–water partition coefficient (Wildman–Crippen LogP) is 3.35. The van der Waals surface area contributed by atoms with E-state index in [4.69, 9.17) is 9.52 Å². The molecule has 1 aromatic heterocycles. The number of furan rings is 1. The van der Waals surface area contributed by atoms with E-state index in [0.717, 1.165) is 12.0 Å². The van der Waals surface area contributed by atoms with Crippen molar-refractivity contribution < 1.29 is 19.1 Å². The van der Waals surface area contributed by atoms with Gasteiger partial charge in [-0.25, -0.2) is 4.79 Å². The highest BCUT2D eigenvalue weighted by molar-refractivity contribution is 6.04. The van der Waals surface area contributed by atoms with E-state index in [1.807, 2.05) is 25.1 Å². The molecule has 0 aliphatic heterocycles. The van der Waals surface area contributed by atoms with Crippen LogP contribution >= 0.6 is 0 Å². The van der Waals surface area contributed by atoms with E-state index in [2.05, 4.69) is 5.32 Å². The van der Waals surface area contributed by atoms with Crippen molar-refractivity contribution in [3.8, 4) is 0 Å². The number of rotatable bonds is 5. The van der Waals surface area contributed by atoms with Gasteiger partial charge in [-0.05, 0) is 24.1 Å². The van der Waals surface area contributed by atoms with Gasteiger partial charge in [0.05, 0.1) is 0 Å². The largest absolute Gasteiger partial charge is 0.478 e. The van der Waals surface area contributed by atoms with Crippen LogP contribution in [0.3, 0.4) is 0 Å². The summed E-state index contributed by atoms with van der Waals surface area (Å²) >= 11 is 0. The van der Waals surface area contributed by atoms with Crippen molar-refractivity contribution in [2.45, 2.75) is 26.7 Å². The highest BCUT2D eigenvalue weighted by atomic mass is 16.4. The third-order valence-electron chi connectivity index (χ3n) is 3.18. The number of hydrogen-bond acceptors (Lipinski definition) is 3. The summed E-state index contributed by atoms with van der Waals surface area (Å²) in [6, 6.07) is 8.75. The number of benzene rings is 1. The summed E-state index contributed by atoms with van der Waals surface area (Å²) in [7, 11) is 0. The summed E-state index contributed by atoms with van der Waals surface area (Å²) in [5.74, 6) is -1.24. The van der Waals surface area contributed by atoms with E-state index in [9.17, 15) is 9.59 Å². The molecule has 2 rings (SSSR count). The summed E-state index contributed by atoms with van der Waals surface area (Å²) in [5, 5.41) is 11.8. The van der Waals surface area contributed by atoms with Crippen molar-refractivity contribution in [3.05, 3.63) is 53.0 Å². The standard InChI is InChI=1S/C16H17NO4/c1-3-10-6-5-7-11(8-10)17-15(18)14-9-12(16(19)20)13(4-2)21-14/h5-9H,3-4H2,1-2H3,(H,17,18)(H,19,20). The van der Waals surface area contributed by atoms with Gasteiger partial charge in [0.1, 0.15) is 11.3 Å². The Morgan fingerprint density at radius 2 is 1.95 bits per heavy atom. The van der Waals surface area contributed by atoms with E-state index >= 15 is 0 Å². The maximum atomic E-state index is 12.1. The summed E-state index contributed by atoms with van der Waals surface area (Å²) in [6.07, 6.45) is 1.29. The molecule has 0 bridgehead atoms. The summed E-state index contributed by atoms with van der Waals surface area (Å²) < 4.78 is 5.32. The summed E-state index contributed by atoms with van der Waals surface area (Å²) in [6.45, 7) is 3.80. The van der Waals surface area contributed by atoms with Gasteiger partial charge in [-0.3, -0.25) is 4.79 Å². The topological polar surface area (TPSA) is 79.5 Å². The number of nitrogens with one attached hydrogen (secondary N) is 1. The van der Waals surface area contributed by atoms with Crippen molar-refractivity contribution in [1.82, 2.24) is 0 Å². The molecule has 1 aromatic carbocycles. The third-order valence-corrected chi connectivity index (χ3v) is 3.18. The Bertz CT molecular complexity index is 673. The molecule has 2 N–H and O–H groups in total. The molecule has 21 heavy (non-hydrogen) atoms. The quantitative estimate of drug-likeness (QED) is 0.883. The minimum Gasteiger partial charge on any atom is -0.478 e. The Balaban J connectivity index is 2.22. The second-order valence-corrected chi connectivity index (χ2v) is 4.61. The van der Waals surface area contributed by atoms with Crippen LogP contribution in [0.2, 0.25) is 0 Å². The monoisotopic (exact) mass is 287 g/mol. The Hall–Kier alpha value is -2.56.